The van der Waals surface area contributed by atoms with Gasteiger partial charge in [-0.15, -0.1) is 0 Å². The second-order valence-corrected chi connectivity index (χ2v) is 2.05. The number of imidazole rings is 1. The summed E-state index contributed by atoms with van der Waals surface area (Å²) in [6.45, 7) is 0. The molecule has 0 atom stereocenters. The molecule has 6 heteroatoms. The fourth-order valence-electron chi connectivity index (χ4n) is 0.660. The molecular formula is C6H8FN3O2. The zero-order valence-corrected chi connectivity index (χ0v) is 6.67. The number of carbonyl (C=O) groups excluding carboxylic acids is 1. The van der Waals surface area contributed by atoms with Crippen LogP contribution in [0, 0.1) is 5.95 Å². The van der Waals surface area contributed by atoms with Crippen molar-refractivity contribution in [2.75, 3.05) is 14.2 Å². The van der Waals surface area contributed by atoms with Gasteiger partial charge in [0.15, 0.2) is 5.69 Å². The molecule has 1 amide bonds. The van der Waals surface area contributed by atoms with Crippen molar-refractivity contribution in [1.82, 2.24) is 15.0 Å². The first-order valence-corrected chi connectivity index (χ1v) is 3.18. The van der Waals surface area contributed by atoms with Gasteiger partial charge in [-0.1, -0.05) is 0 Å². The van der Waals surface area contributed by atoms with E-state index in [-0.39, 0.29) is 5.69 Å². The molecule has 0 spiro atoms. The van der Waals surface area contributed by atoms with Crippen LogP contribution in [0.5, 0.6) is 0 Å². The van der Waals surface area contributed by atoms with Gasteiger partial charge in [-0.05, 0) is 0 Å². The molecule has 0 bridgehead atoms. The summed E-state index contributed by atoms with van der Waals surface area (Å²) < 4.78 is 12.7. The topological polar surface area (TPSA) is 58.2 Å². The van der Waals surface area contributed by atoms with E-state index < -0.39 is 11.9 Å². The molecule has 0 aliphatic carbocycles. The largest absolute Gasteiger partial charge is 0.321 e. The van der Waals surface area contributed by atoms with Crippen LogP contribution in [0.2, 0.25) is 0 Å². The molecule has 1 N–H and O–H groups in total. The van der Waals surface area contributed by atoms with E-state index in [0.717, 1.165) is 11.4 Å². The summed E-state index contributed by atoms with van der Waals surface area (Å²) in [7, 11) is 2.68. The van der Waals surface area contributed by atoms with Gasteiger partial charge in [0.1, 0.15) is 0 Å². The molecule has 12 heavy (non-hydrogen) atoms. The second-order valence-electron chi connectivity index (χ2n) is 2.05. The standard InChI is InChI=1S/C6H8FN3O2/c1-10(12-2)6(11)4-5(7)9-3-8-4/h3H,1-2H3,(H,8,9). The van der Waals surface area contributed by atoms with Gasteiger partial charge >= 0.3 is 0 Å². The molecule has 1 aromatic heterocycles. The van der Waals surface area contributed by atoms with Gasteiger partial charge in [0.05, 0.1) is 13.4 Å². The Labute approximate surface area is 68.1 Å². The highest BCUT2D eigenvalue weighted by Crippen LogP contribution is 2.03. The minimum Gasteiger partial charge on any atom is -0.321 e. The monoisotopic (exact) mass is 173 g/mol. The maximum atomic E-state index is 12.7. The lowest BCUT2D eigenvalue weighted by Crippen LogP contribution is -2.26. The molecule has 0 unspecified atom stereocenters. The Hall–Kier alpha value is -1.43. The Bertz CT molecular complexity index is 286. The lowest BCUT2D eigenvalue weighted by molar-refractivity contribution is -0.0762. The van der Waals surface area contributed by atoms with Crippen molar-refractivity contribution in [3.8, 4) is 0 Å². The number of carbonyl (C=O) groups is 1. The Kier molecular flexibility index (Phi) is 2.39. The fraction of sp³-hybridized carbons (Fsp3) is 0.333. The van der Waals surface area contributed by atoms with E-state index in [2.05, 4.69) is 14.8 Å². The third kappa shape index (κ3) is 1.42. The van der Waals surface area contributed by atoms with Gasteiger partial charge in [0.2, 0.25) is 5.95 Å². The van der Waals surface area contributed by atoms with Crippen molar-refractivity contribution in [2.45, 2.75) is 0 Å². The smallest absolute Gasteiger partial charge is 0.300 e. The van der Waals surface area contributed by atoms with Crippen molar-refractivity contribution >= 4 is 5.91 Å². The average Bonchev–Trinajstić information content (AvgIpc) is 2.48. The lowest BCUT2D eigenvalue weighted by Gasteiger charge is -2.10. The van der Waals surface area contributed by atoms with E-state index >= 15 is 0 Å². The minimum atomic E-state index is -0.760. The minimum absolute atomic E-state index is 0.278. The molecule has 0 fully saturated rings. The molecule has 1 aromatic rings. The van der Waals surface area contributed by atoms with Gasteiger partial charge in [-0.2, -0.15) is 4.39 Å². The molecular weight excluding hydrogens is 165 g/mol. The number of hydrogen-bond acceptors (Lipinski definition) is 3. The van der Waals surface area contributed by atoms with Crippen LogP contribution < -0.4 is 0 Å². The number of H-pyrrole nitrogens is 1. The highest BCUT2D eigenvalue weighted by Gasteiger charge is 2.18. The summed E-state index contributed by atoms with van der Waals surface area (Å²) >= 11 is 0. The number of nitrogens with one attached hydrogen (secondary N) is 1. The van der Waals surface area contributed by atoms with Crippen LogP contribution in [0.15, 0.2) is 6.33 Å². The number of hydroxylamine groups is 2. The van der Waals surface area contributed by atoms with Gasteiger partial charge in [0, 0.05) is 7.05 Å². The highest BCUT2D eigenvalue weighted by atomic mass is 19.1. The third-order valence-corrected chi connectivity index (χ3v) is 1.36. The van der Waals surface area contributed by atoms with E-state index in [9.17, 15) is 9.18 Å². The molecule has 0 aliphatic rings. The van der Waals surface area contributed by atoms with Gasteiger partial charge < -0.3 is 4.98 Å². The molecule has 0 saturated heterocycles. The van der Waals surface area contributed by atoms with Crippen molar-refractivity contribution in [1.29, 1.82) is 0 Å². The van der Waals surface area contributed by atoms with Crippen LogP contribution in [0.3, 0.4) is 0 Å². The second kappa shape index (κ2) is 3.31. The van der Waals surface area contributed by atoms with Crippen LogP contribution in [-0.2, 0) is 4.84 Å². The number of rotatable bonds is 2. The number of aromatic nitrogens is 2. The number of nitrogens with zero attached hydrogens (tertiary/aromatic N) is 2. The van der Waals surface area contributed by atoms with Crippen molar-refractivity contribution in [3.63, 3.8) is 0 Å². The predicted molar refractivity (Wildman–Crippen MR) is 37.6 cm³/mol. The van der Waals surface area contributed by atoms with Crippen LogP contribution >= 0.6 is 0 Å². The van der Waals surface area contributed by atoms with E-state index in [1.54, 1.807) is 0 Å². The maximum Gasteiger partial charge on any atom is 0.300 e. The maximum absolute atomic E-state index is 12.7. The molecule has 0 radical (unpaired) electrons. The summed E-state index contributed by atoms with van der Waals surface area (Å²) in [4.78, 5) is 21.3. The van der Waals surface area contributed by atoms with Gasteiger partial charge in [-0.3, -0.25) is 9.63 Å². The summed E-state index contributed by atoms with van der Waals surface area (Å²) in [5, 5.41) is 0.888. The van der Waals surface area contributed by atoms with Crippen molar-refractivity contribution in [3.05, 3.63) is 18.0 Å². The van der Waals surface area contributed by atoms with E-state index in [0.29, 0.717) is 0 Å². The summed E-state index contributed by atoms with van der Waals surface area (Å²) in [5.41, 5.74) is -0.278. The molecule has 0 saturated carbocycles. The Morgan fingerprint density at radius 3 is 2.92 bits per heavy atom. The molecule has 1 heterocycles. The summed E-state index contributed by atoms with van der Waals surface area (Å²) in [6.07, 6.45) is 1.10. The normalized spacial score (nSPS) is 9.92. The molecule has 1 rings (SSSR count). The Morgan fingerprint density at radius 2 is 2.50 bits per heavy atom. The number of aromatic amines is 1. The fourth-order valence-corrected chi connectivity index (χ4v) is 0.660. The molecule has 66 valence electrons. The summed E-state index contributed by atoms with van der Waals surface area (Å²) in [6, 6.07) is 0. The molecule has 0 aromatic carbocycles. The predicted octanol–water partition coefficient (Wildman–Crippen LogP) is 0.182. The summed E-state index contributed by atoms with van der Waals surface area (Å²) in [5.74, 6) is -1.39. The van der Waals surface area contributed by atoms with Crippen molar-refractivity contribution in [2.24, 2.45) is 0 Å². The van der Waals surface area contributed by atoms with Crippen LogP contribution in [-0.4, -0.2) is 35.1 Å². The van der Waals surface area contributed by atoms with Crippen LogP contribution in [0.25, 0.3) is 0 Å². The van der Waals surface area contributed by atoms with Gasteiger partial charge in [-0.25, -0.2) is 10.0 Å². The van der Waals surface area contributed by atoms with E-state index in [1.165, 1.54) is 14.2 Å². The number of hydrogen-bond donors (Lipinski definition) is 1. The average molecular weight is 173 g/mol. The first-order chi connectivity index (χ1) is 5.66. The first kappa shape index (κ1) is 8.66. The Balaban J connectivity index is 2.85. The van der Waals surface area contributed by atoms with Gasteiger partial charge in [0.25, 0.3) is 5.91 Å². The Morgan fingerprint density at radius 1 is 1.83 bits per heavy atom. The first-order valence-electron chi connectivity index (χ1n) is 3.18. The zero-order chi connectivity index (χ0) is 9.14. The van der Waals surface area contributed by atoms with Crippen LogP contribution in [0.4, 0.5) is 4.39 Å². The molecule has 0 aliphatic heterocycles. The quantitative estimate of drug-likeness (QED) is 0.649. The molecule has 5 nitrogen and oxygen atoms in total. The number of halogens is 1. The third-order valence-electron chi connectivity index (χ3n) is 1.36. The van der Waals surface area contributed by atoms with Crippen molar-refractivity contribution < 1.29 is 14.0 Å². The SMILES string of the molecule is CON(C)C(=O)c1nc[nH]c1F. The van der Waals surface area contributed by atoms with E-state index in [4.69, 9.17) is 0 Å². The zero-order valence-electron chi connectivity index (χ0n) is 6.67. The van der Waals surface area contributed by atoms with Crippen LogP contribution in [0.1, 0.15) is 10.5 Å². The highest BCUT2D eigenvalue weighted by molar-refractivity contribution is 5.91. The lowest BCUT2D eigenvalue weighted by atomic mass is 10.4. The number of amides is 1. The van der Waals surface area contributed by atoms with E-state index in [1.807, 2.05) is 0 Å².